The number of anilines is 1. The second-order valence-electron chi connectivity index (χ2n) is 2.97. The van der Waals surface area contributed by atoms with Crippen LogP contribution in [0.15, 0.2) is 6.33 Å². The van der Waals surface area contributed by atoms with Crippen LogP contribution in [0, 0.1) is 0 Å². The molecule has 0 amide bonds. The highest BCUT2D eigenvalue weighted by Gasteiger charge is 2.16. The van der Waals surface area contributed by atoms with Crippen LogP contribution in [0.25, 0.3) is 0 Å². The number of hydrogen-bond donors (Lipinski definition) is 2. The van der Waals surface area contributed by atoms with Gasteiger partial charge in [-0.3, -0.25) is 0 Å². The van der Waals surface area contributed by atoms with Crippen LogP contribution in [0.5, 0.6) is 0 Å². The lowest BCUT2D eigenvalue weighted by molar-refractivity contribution is 0.0521. The summed E-state index contributed by atoms with van der Waals surface area (Å²) in [6.45, 7) is 2.62. The molecule has 0 saturated heterocycles. The van der Waals surface area contributed by atoms with Gasteiger partial charge in [-0.25, -0.2) is 9.78 Å². The molecule has 0 aromatic carbocycles. The highest BCUT2D eigenvalue weighted by molar-refractivity contribution is 5.92. The van der Waals surface area contributed by atoms with E-state index in [4.69, 9.17) is 15.6 Å². The normalized spacial score (nSPS) is 10.3. The summed E-state index contributed by atoms with van der Waals surface area (Å²) in [5.74, 6) is -0.236. The number of nitrogens with zero attached hydrogens (tertiary/aromatic N) is 2. The van der Waals surface area contributed by atoms with Crippen LogP contribution in [0.1, 0.15) is 23.8 Å². The lowest BCUT2D eigenvalue weighted by Crippen LogP contribution is -2.10. The molecule has 0 aliphatic rings. The van der Waals surface area contributed by atoms with Crippen LogP contribution in [-0.2, 0) is 11.3 Å². The van der Waals surface area contributed by atoms with E-state index in [1.165, 1.54) is 6.33 Å². The fourth-order valence-electron chi connectivity index (χ4n) is 1.17. The van der Waals surface area contributed by atoms with Crippen molar-refractivity contribution in [2.75, 3.05) is 18.9 Å². The molecule has 0 unspecified atom stereocenters. The van der Waals surface area contributed by atoms with Crippen molar-refractivity contribution in [1.29, 1.82) is 0 Å². The van der Waals surface area contributed by atoms with Crippen molar-refractivity contribution in [2.45, 2.75) is 19.9 Å². The summed E-state index contributed by atoms with van der Waals surface area (Å²) in [5.41, 5.74) is 5.83. The molecule has 1 heterocycles. The first-order valence-electron chi connectivity index (χ1n) is 4.79. The molecule has 0 fully saturated rings. The Morgan fingerprint density at radius 1 is 1.73 bits per heavy atom. The number of nitrogen functional groups attached to an aromatic ring is 1. The number of imidazole rings is 1. The molecule has 0 aliphatic carbocycles. The van der Waals surface area contributed by atoms with Crippen molar-refractivity contribution in [3.8, 4) is 0 Å². The average molecular weight is 213 g/mol. The minimum Gasteiger partial charge on any atom is -0.461 e. The Kier molecular flexibility index (Phi) is 4.11. The van der Waals surface area contributed by atoms with Gasteiger partial charge < -0.3 is 20.1 Å². The van der Waals surface area contributed by atoms with Crippen molar-refractivity contribution in [3.63, 3.8) is 0 Å². The van der Waals surface area contributed by atoms with E-state index in [1.807, 2.05) is 0 Å². The lowest BCUT2D eigenvalue weighted by Gasteiger charge is -2.03. The quantitative estimate of drug-likeness (QED) is 0.673. The van der Waals surface area contributed by atoms with E-state index in [9.17, 15) is 4.79 Å². The molecule has 1 aromatic heterocycles. The molecule has 0 spiro atoms. The molecule has 3 N–H and O–H groups in total. The number of carbonyl (C=O) groups excluding carboxylic acids is 1. The molecule has 84 valence electrons. The summed E-state index contributed by atoms with van der Waals surface area (Å²) in [7, 11) is 0. The minimum absolute atomic E-state index is 0.0758. The molecule has 1 rings (SSSR count). The van der Waals surface area contributed by atoms with Gasteiger partial charge >= 0.3 is 5.97 Å². The maximum absolute atomic E-state index is 11.3. The fourth-order valence-corrected chi connectivity index (χ4v) is 1.17. The van der Waals surface area contributed by atoms with Crippen molar-refractivity contribution in [1.82, 2.24) is 9.55 Å². The Balaban J connectivity index is 2.74. The molecule has 0 saturated carbocycles. The topological polar surface area (TPSA) is 90.4 Å². The van der Waals surface area contributed by atoms with Gasteiger partial charge in [0.1, 0.15) is 5.82 Å². The monoisotopic (exact) mass is 213 g/mol. The van der Waals surface area contributed by atoms with Crippen molar-refractivity contribution >= 4 is 11.8 Å². The van der Waals surface area contributed by atoms with Crippen LogP contribution in [-0.4, -0.2) is 33.8 Å². The maximum atomic E-state index is 11.3. The number of aryl methyl sites for hydroxylation is 1. The van der Waals surface area contributed by atoms with Crippen LogP contribution in [0.3, 0.4) is 0 Å². The predicted molar refractivity (Wildman–Crippen MR) is 54.3 cm³/mol. The molecule has 15 heavy (non-hydrogen) atoms. The first-order chi connectivity index (χ1) is 7.20. The Morgan fingerprint density at radius 2 is 2.47 bits per heavy atom. The van der Waals surface area contributed by atoms with Gasteiger partial charge in [0, 0.05) is 13.2 Å². The van der Waals surface area contributed by atoms with E-state index in [0.717, 1.165) is 0 Å². The average Bonchev–Trinajstić information content (AvgIpc) is 2.57. The number of rotatable bonds is 5. The van der Waals surface area contributed by atoms with Crippen molar-refractivity contribution in [3.05, 3.63) is 12.0 Å². The highest BCUT2D eigenvalue weighted by atomic mass is 16.5. The molecule has 6 heteroatoms. The van der Waals surface area contributed by atoms with Crippen molar-refractivity contribution < 1.29 is 14.6 Å². The van der Waals surface area contributed by atoms with Crippen LogP contribution in [0.2, 0.25) is 0 Å². The van der Waals surface area contributed by atoms with Crippen molar-refractivity contribution in [2.24, 2.45) is 0 Å². The zero-order valence-electron chi connectivity index (χ0n) is 8.64. The summed E-state index contributed by atoms with van der Waals surface area (Å²) in [6.07, 6.45) is 2.04. The summed E-state index contributed by atoms with van der Waals surface area (Å²) < 4.78 is 6.40. The molecule has 6 nitrogen and oxygen atoms in total. The number of carbonyl (C=O) groups is 1. The zero-order valence-corrected chi connectivity index (χ0v) is 8.64. The molecule has 1 aromatic rings. The lowest BCUT2D eigenvalue weighted by atomic mass is 10.4. The number of hydrogen-bond acceptors (Lipinski definition) is 5. The maximum Gasteiger partial charge on any atom is 0.360 e. The fraction of sp³-hybridized carbons (Fsp3) is 0.556. The van der Waals surface area contributed by atoms with E-state index in [1.54, 1.807) is 11.5 Å². The SMILES string of the molecule is CCOC(=O)c1ncn(CCCO)c1N. The molecule has 0 aliphatic heterocycles. The smallest absolute Gasteiger partial charge is 0.360 e. The van der Waals surface area contributed by atoms with Gasteiger partial charge in [0.15, 0.2) is 5.69 Å². The van der Waals surface area contributed by atoms with Gasteiger partial charge in [0.25, 0.3) is 0 Å². The minimum atomic E-state index is -0.516. The van der Waals surface area contributed by atoms with Gasteiger partial charge in [0.2, 0.25) is 0 Å². The molecular formula is C9H15N3O3. The third-order valence-electron chi connectivity index (χ3n) is 1.90. The predicted octanol–water partition coefficient (Wildman–Crippen LogP) is 0.0244. The summed E-state index contributed by atoms with van der Waals surface area (Å²) in [6, 6.07) is 0. The van der Waals surface area contributed by atoms with E-state index in [2.05, 4.69) is 4.98 Å². The summed E-state index contributed by atoms with van der Waals surface area (Å²) in [5, 5.41) is 8.65. The largest absolute Gasteiger partial charge is 0.461 e. The molecule has 0 atom stereocenters. The number of ether oxygens (including phenoxy) is 1. The zero-order chi connectivity index (χ0) is 11.3. The van der Waals surface area contributed by atoms with E-state index in [-0.39, 0.29) is 18.1 Å². The molecule has 0 radical (unpaired) electrons. The second kappa shape index (κ2) is 5.35. The standard InChI is InChI=1S/C9H15N3O3/c1-2-15-9(14)7-8(10)12(6-11-7)4-3-5-13/h6,13H,2-5,10H2,1H3. The van der Waals surface area contributed by atoms with Crippen LogP contribution < -0.4 is 5.73 Å². The Labute approximate surface area is 87.7 Å². The number of esters is 1. The van der Waals surface area contributed by atoms with E-state index >= 15 is 0 Å². The first kappa shape index (κ1) is 11.5. The summed E-state index contributed by atoms with van der Waals surface area (Å²) in [4.78, 5) is 15.2. The number of aliphatic hydroxyl groups excluding tert-OH is 1. The van der Waals surface area contributed by atoms with Gasteiger partial charge in [-0.15, -0.1) is 0 Å². The highest BCUT2D eigenvalue weighted by Crippen LogP contribution is 2.11. The van der Waals surface area contributed by atoms with Crippen LogP contribution >= 0.6 is 0 Å². The third kappa shape index (κ3) is 2.69. The Morgan fingerprint density at radius 3 is 3.07 bits per heavy atom. The Hall–Kier alpha value is -1.56. The van der Waals surface area contributed by atoms with Gasteiger partial charge in [-0.05, 0) is 13.3 Å². The molecule has 0 bridgehead atoms. The second-order valence-corrected chi connectivity index (χ2v) is 2.97. The van der Waals surface area contributed by atoms with E-state index in [0.29, 0.717) is 19.6 Å². The van der Waals surface area contributed by atoms with Crippen LogP contribution in [0.4, 0.5) is 5.82 Å². The summed E-state index contributed by atoms with van der Waals surface area (Å²) >= 11 is 0. The third-order valence-corrected chi connectivity index (χ3v) is 1.90. The van der Waals surface area contributed by atoms with Gasteiger partial charge in [0.05, 0.1) is 12.9 Å². The number of aliphatic hydroxyl groups is 1. The Bertz CT molecular complexity index is 335. The van der Waals surface area contributed by atoms with Gasteiger partial charge in [-0.2, -0.15) is 0 Å². The number of aromatic nitrogens is 2. The van der Waals surface area contributed by atoms with E-state index < -0.39 is 5.97 Å². The van der Waals surface area contributed by atoms with Gasteiger partial charge in [-0.1, -0.05) is 0 Å². The number of nitrogens with two attached hydrogens (primary N) is 1. The first-order valence-corrected chi connectivity index (χ1v) is 4.79. The molecular weight excluding hydrogens is 198 g/mol.